The molecule has 0 aliphatic carbocycles. The molecule has 45 nitrogen and oxygen atoms in total. The number of ether oxygens (including phenoxy) is 11. The van der Waals surface area contributed by atoms with Gasteiger partial charge in [-0.25, -0.2) is 23.8 Å². The summed E-state index contributed by atoms with van der Waals surface area (Å²) in [6.45, 7) is 16.5. The molecule has 19 N–H and O–H groups in total. The molecule has 0 saturated carbocycles. The molecule has 5 aliphatic heterocycles. The van der Waals surface area contributed by atoms with E-state index in [4.69, 9.17) is 72.6 Å². The number of nitrogens with one attached hydrogen (secondary N) is 2. The predicted molar refractivity (Wildman–Crippen MR) is 413 cm³/mol. The summed E-state index contributed by atoms with van der Waals surface area (Å²) in [6.07, 6.45) is -38.0. The van der Waals surface area contributed by atoms with Crippen molar-refractivity contribution in [1.82, 2.24) is 25.4 Å². The maximum atomic E-state index is 14.2. The summed E-state index contributed by atoms with van der Waals surface area (Å²) in [5.41, 5.74) is 11.0. The zero-order valence-corrected chi connectivity index (χ0v) is 69.4. The molecular formula is C76H111N8O37P. The quantitative estimate of drug-likeness (QED) is 0.00989. The zero-order valence-electron chi connectivity index (χ0n) is 68.5. The molecule has 122 heavy (non-hydrogen) atoms. The summed E-state index contributed by atoms with van der Waals surface area (Å²) >= 11 is 0. The van der Waals surface area contributed by atoms with Crippen molar-refractivity contribution in [2.45, 2.75) is 286 Å². The highest BCUT2D eigenvalue weighted by atomic mass is 31.2. The van der Waals surface area contributed by atoms with Crippen LogP contribution in [-0.4, -0.2) is 313 Å². The first-order valence-corrected chi connectivity index (χ1v) is 40.3. The Morgan fingerprint density at radius 2 is 1.34 bits per heavy atom. The van der Waals surface area contributed by atoms with Crippen LogP contribution in [0.2, 0.25) is 0 Å². The van der Waals surface area contributed by atoms with Gasteiger partial charge in [0, 0.05) is 38.0 Å². The Labute approximate surface area is 699 Å². The third-order valence-corrected chi connectivity index (χ3v) is 21.5. The minimum absolute atomic E-state index is 0.148. The molecule has 0 spiro atoms. The molecule has 27 atom stereocenters. The van der Waals surface area contributed by atoms with Crippen LogP contribution in [0.5, 0.6) is 0 Å². The number of allylic oxidation sites excluding steroid dienone is 8. The number of rotatable bonds is 43. The highest BCUT2D eigenvalue weighted by Gasteiger charge is 2.63. The van der Waals surface area contributed by atoms with Gasteiger partial charge in [-0.3, -0.25) is 47.9 Å². The van der Waals surface area contributed by atoms with Gasteiger partial charge in [-0.2, -0.15) is 0 Å². The van der Waals surface area contributed by atoms with E-state index in [9.17, 15) is 119 Å². The number of Topliss-reactive ketones (excluding diaryl/α,β-unsaturated/α-hetero) is 1. The first kappa shape index (κ1) is 101. The number of carboxylic acid groups (broad SMARTS) is 2. The van der Waals surface area contributed by atoms with E-state index in [1.165, 1.54) is 18.1 Å². The Bertz CT molecular complexity index is 4170. The SMILES string of the molecule is C=C(C/C=C(\C)CCC=C(C)C)CCC(C)(C)/C=C/CC/C(C)=C/COC(COP(=O)(O)OC1OC(C(N)=O)C(C)(O)C(OC(N)=O)C1OC1OC(COC2OC(CO)C(O)C(O)C2O)C(OC2OC(C)C(OC3OC(c4nc(C(=O)CCC(=O)O)nn4-c4ccc([N+](=O)[O-])cc4C=O)C(O)C(O)C3O)C(O)C2NC(C)=O)C(O)C1NC(C)=O)C(=O)O. The first-order chi connectivity index (χ1) is 57.1. The minimum atomic E-state index is -5.90. The summed E-state index contributed by atoms with van der Waals surface area (Å²) in [6, 6.07) is -1.44. The number of ketones is 1. The highest BCUT2D eigenvalue weighted by molar-refractivity contribution is 7.47. The standard InChI is InChI=1S/C76H111N8O37P/c1-34(2)15-14-17-35(3)18-19-37(5)24-27-75(9,10)26-13-12-16-36(4)25-28-109-47(68(101)102)33-111-122(107,108)121-73-62(63(120-74(78)103)76(11,104)64(119-73)65(77)100)118-70-50(80-40(8)88)53(94)60(46(114-70)32-110-71-57(98)54(95)51(92)45(31-86)113-71)116-69-49(79-39(7)87)52(93)59(38(6)112-69)115-72-58(99)55(96)56(97)61(117-72)67-81-66(44(89)22-23-48(90)91)82-83(67)43-21-20-42(84(105)106)29-41(43)30-85/h13,15,18,20-21,25-26,29-30,38,45-47,49-64,69-73,86,92-99,104H,5,12,14,16-17,19,22-24,27-28,31-33H2,1-4,6-11H3,(H2,77,100)(H2,78,103)(H,79,87)(H,80,88)(H,90,91)(H,101,102)(H,107,108)/b26-13+,35-18+,36-25+. The summed E-state index contributed by atoms with van der Waals surface area (Å²) in [7, 11) is -5.90. The van der Waals surface area contributed by atoms with Gasteiger partial charge < -0.3 is 140 Å². The number of nitrogens with two attached hydrogens (primary N) is 2. The van der Waals surface area contributed by atoms with Gasteiger partial charge in [0.05, 0.1) is 49.6 Å². The van der Waals surface area contributed by atoms with E-state index in [0.29, 0.717) is 17.5 Å². The van der Waals surface area contributed by atoms with E-state index in [0.717, 1.165) is 82.2 Å². The Hall–Kier alpha value is -8.27. The molecule has 5 saturated heterocycles. The maximum absolute atomic E-state index is 14.2. The molecule has 6 heterocycles. The number of nitro benzene ring substituents is 1. The summed E-state index contributed by atoms with van der Waals surface area (Å²) in [5, 5.41) is 155. The van der Waals surface area contributed by atoms with Crippen LogP contribution in [-0.2, 0) is 89.7 Å². The number of carbonyl (C=O) groups excluding carboxylic acids is 6. The number of primary amides is 2. The molecule has 2 aromatic rings. The molecule has 5 aliphatic rings. The largest absolute Gasteiger partial charge is 0.481 e. The topological polar surface area (TPSA) is 687 Å². The molecule has 682 valence electrons. The maximum Gasteiger partial charge on any atom is 0.474 e. The van der Waals surface area contributed by atoms with Crippen molar-refractivity contribution in [3.05, 3.63) is 105 Å². The van der Waals surface area contributed by atoms with Gasteiger partial charge in [0.15, 0.2) is 68.0 Å². The third kappa shape index (κ3) is 27.1. The summed E-state index contributed by atoms with van der Waals surface area (Å²) < 4.78 is 90.7. The number of phosphoric acid groups is 1. The van der Waals surface area contributed by atoms with E-state index in [2.05, 4.69) is 80.1 Å². The molecule has 5 fully saturated rings. The van der Waals surface area contributed by atoms with Crippen molar-refractivity contribution in [3.63, 3.8) is 0 Å². The van der Waals surface area contributed by atoms with Crippen molar-refractivity contribution in [2.75, 3.05) is 26.4 Å². The van der Waals surface area contributed by atoms with Gasteiger partial charge >= 0.3 is 25.9 Å². The molecule has 46 heteroatoms. The smallest absolute Gasteiger partial charge is 0.474 e. The average molecular weight is 1760 g/mol. The lowest BCUT2D eigenvalue weighted by Crippen LogP contribution is -2.72. The van der Waals surface area contributed by atoms with Crippen LogP contribution < -0.4 is 22.1 Å². The van der Waals surface area contributed by atoms with Gasteiger partial charge in [-0.05, 0) is 98.0 Å². The molecule has 1 aromatic carbocycles. The van der Waals surface area contributed by atoms with E-state index < -0.39 is 269 Å². The average Bonchev–Trinajstić information content (AvgIpc) is 0.911. The van der Waals surface area contributed by atoms with Gasteiger partial charge in [0.2, 0.25) is 29.3 Å². The number of amides is 4. The van der Waals surface area contributed by atoms with Crippen LogP contribution in [0.25, 0.3) is 5.69 Å². The van der Waals surface area contributed by atoms with Crippen LogP contribution in [0.3, 0.4) is 0 Å². The van der Waals surface area contributed by atoms with Gasteiger partial charge in [0.25, 0.3) is 5.69 Å². The summed E-state index contributed by atoms with van der Waals surface area (Å²) in [4.78, 5) is 129. The second kappa shape index (κ2) is 44.6. The first-order valence-electron chi connectivity index (χ1n) is 38.8. The lowest BCUT2D eigenvalue weighted by atomic mass is 9.85. The van der Waals surface area contributed by atoms with E-state index in [1.54, 1.807) is 13.0 Å². The number of aliphatic hydroxyl groups excluding tert-OH is 9. The van der Waals surface area contributed by atoms with Gasteiger partial charge in [-0.15, -0.1) is 5.10 Å². The molecule has 4 amide bonds. The normalized spacial score (nSPS) is 32.3. The molecular weight excluding hydrogens is 1650 g/mol. The number of nitrogens with zero attached hydrogens (tertiary/aromatic N) is 4. The molecule has 0 bridgehead atoms. The Morgan fingerprint density at radius 1 is 0.746 bits per heavy atom. The number of hydrogen-bond donors (Lipinski definition) is 17. The second-order valence-corrected chi connectivity index (χ2v) is 32.7. The lowest BCUT2D eigenvalue weighted by Gasteiger charge is -2.52. The number of phosphoric ester groups is 1. The third-order valence-electron chi connectivity index (χ3n) is 20.5. The number of carbonyl (C=O) groups is 8. The fourth-order valence-corrected chi connectivity index (χ4v) is 14.6. The number of hydrogen-bond acceptors (Lipinski definition) is 36. The van der Waals surface area contributed by atoms with Crippen molar-refractivity contribution in [3.8, 4) is 5.69 Å². The van der Waals surface area contributed by atoms with Crippen molar-refractivity contribution < 1.29 is 175 Å². The Kier molecular flexibility index (Phi) is 36.8. The molecule has 0 radical (unpaired) electrons. The number of aldehydes is 1. The summed E-state index contributed by atoms with van der Waals surface area (Å²) in [5.74, 6) is -9.22. The second-order valence-electron chi connectivity index (χ2n) is 31.3. The monoisotopic (exact) mass is 1760 g/mol. The number of nitro groups is 1. The minimum Gasteiger partial charge on any atom is -0.481 e. The van der Waals surface area contributed by atoms with E-state index in [-0.39, 0.29) is 24.0 Å². The fourth-order valence-electron chi connectivity index (χ4n) is 13.7. The van der Waals surface area contributed by atoms with Crippen molar-refractivity contribution in [2.24, 2.45) is 16.9 Å². The fraction of sp³-hybridized carbons (Fsp3) is 0.658. The zero-order chi connectivity index (χ0) is 90.9. The number of benzene rings is 1. The lowest BCUT2D eigenvalue weighted by molar-refractivity contribution is -0.384. The van der Waals surface area contributed by atoms with Crippen LogP contribution in [0.4, 0.5) is 10.5 Å². The Balaban J connectivity index is 1.16. The molecule has 27 unspecified atom stereocenters. The van der Waals surface area contributed by atoms with Crippen molar-refractivity contribution in [1.29, 1.82) is 0 Å². The van der Waals surface area contributed by atoms with Gasteiger partial charge in [-0.1, -0.05) is 73.1 Å². The van der Waals surface area contributed by atoms with Crippen LogP contribution in [0, 0.1) is 15.5 Å². The Morgan fingerprint density at radius 3 is 1.94 bits per heavy atom. The number of aliphatic carboxylic acids is 2. The van der Waals surface area contributed by atoms with E-state index >= 15 is 0 Å². The van der Waals surface area contributed by atoms with Crippen LogP contribution >= 0.6 is 7.82 Å². The molecule has 7 rings (SSSR count). The van der Waals surface area contributed by atoms with Crippen molar-refractivity contribution >= 4 is 61.3 Å². The number of carboxylic acids is 2. The van der Waals surface area contributed by atoms with E-state index in [1.807, 2.05) is 6.08 Å². The van der Waals surface area contributed by atoms with Crippen LogP contribution in [0.15, 0.2) is 77.5 Å². The van der Waals surface area contributed by atoms with Crippen LogP contribution in [0.1, 0.15) is 160 Å². The number of aliphatic hydroxyl groups is 10. The van der Waals surface area contributed by atoms with Gasteiger partial charge in [0.1, 0.15) is 97.0 Å². The number of aromatic nitrogens is 3. The predicted octanol–water partition coefficient (Wildman–Crippen LogP) is -0.555. The molecule has 1 aromatic heterocycles. The number of non-ortho nitro benzene ring substituents is 1. The highest BCUT2D eigenvalue weighted by Crippen LogP contribution is 2.49.